The number of aryl methyl sites for hydroxylation is 1. The van der Waals surface area contributed by atoms with Crippen molar-refractivity contribution in [3.05, 3.63) is 69.7 Å². The highest BCUT2D eigenvalue weighted by atomic mass is 16.7. The van der Waals surface area contributed by atoms with E-state index in [-0.39, 0.29) is 22.4 Å². The zero-order valence-electron chi connectivity index (χ0n) is 20.2. The highest BCUT2D eigenvalue weighted by Gasteiger charge is 2.46. The van der Waals surface area contributed by atoms with Crippen LogP contribution in [-0.4, -0.2) is 29.1 Å². The molecule has 174 valence electrons. The molecule has 0 saturated carbocycles. The van der Waals surface area contributed by atoms with Gasteiger partial charge in [-0.1, -0.05) is 39.8 Å². The van der Waals surface area contributed by atoms with Crippen molar-refractivity contribution in [2.24, 2.45) is 0 Å². The molecular weight excluding hydrogens is 414 g/mol. The number of Topliss-reactive ketones (excluding diaryl/α,β-unsaturated/α-hetero) is 1. The second-order valence-corrected chi connectivity index (χ2v) is 11.0. The lowest BCUT2D eigenvalue weighted by molar-refractivity contribution is -0.133. The van der Waals surface area contributed by atoms with Crippen molar-refractivity contribution in [1.82, 2.24) is 4.98 Å². The number of carbonyl (C=O) groups is 1. The summed E-state index contributed by atoms with van der Waals surface area (Å²) in [5, 5.41) is 10.1. The molecular formula is C28H33NO4. The fourth-order valence-electron chi connectivity index (χ4n) is 5.64. The van der Waals surface area contributed by atoms with Gasteiger partial charge in [0.1, 0.15) is 11.5 Å². The number of carbonyl (C=O) groups excluding carboxylic acids is 1. The average molecular weight is 448 g/mol. The first-order valence-electron chi connectivity index (χ1n) is 11.9. The normalized spacial score (nSPS) is 23.1. The number of fused-ring (bicyclic) bond motifs is 1. The fourth-order valence-corrected chi connectivity index (χ4v) is 5.64. The topological polar surface area (TPSA) is 68.7 Å². The first-order chi connectivity index (χ1) is 15.6. The lowest BCUT2D eigenvalue weighted by Gasteiger charge is -2.43. The maximum atomic E-state index is 12.2. The second kappa shape index (κ2) is 7.51. The zero-order chi connectivity index (χ0) is 23.6. The van der Waals surface area contributed by atoms with Gasteiger partial charge in [-0.2, -0.15) is 0 Å². The van der Waals surface area contributed by atoms with Crippen molar-refractivity contribution in [2.45, 2.75) is 76.9 Å². The van der Waals surface area contributed by atoms with Crippen LogP contribution in [0.3, 0.4) is 0 Å². The third kappa shape index (κ3) is 3.44. The van der Waals surface area contributed by atoms with E-state index in [1.165, 1.54) is 11.1 Å². The van der Waals surface area contributed by atoms with Crippen LogP contribution >= 0.6 is 0 Å². The Morgan fingerprint density at radius 2 is 1.55 bits per heavy atom. The van der Waals surface area contributed by atoms with E-state index in [1.807, 2.05) is 12.1 Å². The number of aliphatic hydroxyl groups excluding tert-OH is 1. The number of rotatable bonds is 3. The predicted molar refractivity (Wildman–Crippen MR) is 127 cm³/mol. The molecule has 0 spiro atoms. The van der Waals surface area contributed by atoms with E-state index in [0.717, 1.165) is 24.0 Å². The lowest BCUT2D eigenvalue weighted by Crippen LogP contribution is -2.36. The van der Waals surface area contributed by atoms with E-state index < -0.39 is 5.79 Å². The first kappa shape index (κ1) is 22.3. The van der Waals surface area contributed by atoms with Crippen LogP contribution in [0.5, 0.6) is 0 Å². The Morgan fingerprint density at radius 3 is 2.09 bits per heavy atom. The van der Waals surface area contributed by atoms with Gasteiger partial charge in [-0.15, -0.1) is 0 Å². The van der Waals surface area contributed by atoms with Gasteiger partial charge < -0.3 is 14.6 Å². The van der Waals surface area contributed by atoms with E-state index in [4.69, 9.17) is 14.5 Å². The Hall–Kier alpha value is -2.50. The minimum atomic E-state index is -1.08. The van der Waals surface area contributed by atoms with Gasteiger partial charge in [0.25, 0.3) is 0 Å². The van der Waals surface area contributed by atoms with Crippen LogP contribution < -0.4 is 0 Å². The standard InChI is InChI=1S/C28H33NO4/c1-17-14-20-21(27(4,5)11-10-26(20,2)3)15-19(17)28(32-12-13-33-28)24-9-6-18(16-29-24)25-22(30)7-8-23(25)31/h6,9,14-16,30H,7-8,10-13H2,1-5H3. The molecule has 2 heterocycles. The lowest BCUT2D eigenvalue weighted by atomic mass is 9.62. The third-order valence-corrected chi connectivity index (χ3v) is 7.79. The van der Waals surface area contributed by atoms with Crippen LogP contribution in [-0.2, 0) is 30.9 Å². The summed E-state index contributed by atoms with van der Waals surface area (Å²) in [6, 6.07) is 8.29. The van der Waals surface area contributed by atoms with Gasteiger partial charge in [0, 0.05) is 30.2 Å². The monoisotopic (exact) mass is 447 g/mol. The van der Waals surface area contributed by atoms with E-state index in [0.29, 0.717) is 42.9 Å². The molecule has 1 N–H and O–H groups in total. The van der Waals surface area contributed by atoms with E-state index in [2.05, 4.69) is 46.8 Å². The maximum absolute atomic E-state index is 12.2. The number of ether oxygens (including phenoxy) is 2. The molecule has 1 fully saturated rings. The molecule has 0 radical (unpaired) electrons. The Labute approximate surface area is 195 Å². The van der Waals surface area contributed by atoms with Crippen LogP contribution in [0.15, 0.2) is 36.2 Å². The molecule has 3 aliphatic rings. The summed E-state index contributed by atoms with van der Waals surface area (Å²) in [5.41, 5.74) is 6.73. The number of allylic oxidation sites excluding steroid dienone is 2. The van der Waals surface area contributed by atoms with Crippen LogP contribution in [0.1, 0.15) is 86.9 Å². The number of pyridine rings is 1. The molecule has 1 aliphatic heterocycles. The van der Waals surface area contributed by atoms with Crippen molar-refractivity contribution >= 4 is 11.4 Å². The maximum Gasteiger partial charge on any atom is 0.240 e. The Kier molecular flexibility index (Phi) is 5.07. The van der Waals surface area contributed by atoms with Crippen LogP contribution in [0.2, 0.25) is 0 Å². The number of aliphatic hydroxyl groups is 1. The Morgan fingerprint density at radius 1 is 0.909 bits per heavy atom. The van der Waals surface area contributed by atoms with Gasteiger partial charge in [-0.3, -0.25) is 9.78 Å². The number of aromatic nitrogens is 1. The molecule has 0 atom stereocenters. The van der Waals surface area contributed by atoms with E-state index in [1.54, 1.807) is 6.20 Å². The summed E-state index contributed by atoms with van der Waals surface area (Å²) in [6.45, 7) is 12.4. The summed E-state index contributed by atoms with van der Waals surface area (Å²) < 4.78 is 12.6. The molecule has 0 unspecified atom stereocenters. The number of nitrogens with zero attached hydrogens (tertiary/aromatic N) is 1. The van der Waals surface area contributed by atoms with Gasteiger partial charge in [0.15, 0.2) is 5.78 Å². The molecule has 5 nitrogen and oxygen atoms in total. The average Bonchev–Trinajstić information content (AvgIpc) is 3.39. The molecule has 2 aromatic rings. The van der Waals surface area contributed by atoms with E-state index >= 15 is 0 Å². The van der Waals surface area contributed by atoms with Crippen LogP contribution in [0, 0.1) is 6.92 Å². The van der Waals surface area contributed by atoms with Crippen LogP contribution in [0.25, 0.3) is 5.57 Å². The predicted octanol–water partition coefficient (Wildman–Crippen LogP) is 5.62. The third-order valence-electron chi connectivity index (χ3n) is 7.79. The van der Waals surface area contributed by atoms with Crippen molar-refractivity contribution in [3.63, 3.8) is 0 Å². The van der Waals surface area contributed by atoms with Crippen molar-refractivity contribution in [2.75, 3.05) is 13.2 Å². The van der Waals surface area contributed by atoms with Gasteiger partial charge in [-0.25, -0.2) is 0 Å². The summed E-state index contributed by atoms with van der Waals surface area (Å²) >= 11 is 0. The van der Waals surface area contributed by atoms with Gasteiger partial charge in [-0.05, 0) is 59.4 Å². The number of hydrogen-bond donors (Lipinski definition) is 1. The van der Waals surface area contributed by atoms with Crippen molar-refractivity contribution < 1.29 is 19.4 Å². The Bertz CT molecular complexity index is 1150. The molecule has 5 heteroatoms. The number of benzene rings is 1. The summed E-state index contributed by atoms with van der Waals surface area (Å²) in [6.07, 6.45) is 4.68. The quantitative estimate of drug-likeness (QED) is 0.661. The summed E-state index contributed by atoms with van der Waals surface area (Å²) in [5.74, 6) is -0.973. The molecule has 1 aromatic heterocycles. The molecule has 2 aliphatic carbocycles. The van der Waals surface area contributed by atoms with Gasteiger partial charge >= 0.3 is 0 Å². The zero-order valence-corrected chi connectivity index (χ0v) is 20.2. The van der Waals surface area contributed by atoms with E-state index in [9.17, 15) is 9.90 Å². The number of hydrogen-bond acceptors (Lipinski definition) is 5. The highest BCUT2D eigenvalue weighted by Crippen LogP contribution is 2.49. The SMILES string of the molecule is Cc1cc2c(cc1C1(c3ccc(C4=C(O)CCC4=O)cn3)OCCO1)C(C)(C)CCC2(C)C. The summed E-state index contributed by atoms with van der Waals surface area (Å²) in [4.78, 5) is 16.9. The van der Waals surface area contributed by atoms with Crippen LogP contribution in [0.4, 0.5) is 0 Å². The Balaban J connectivity index is 1.63. The molecule has 0 bridgehead atoms. The van der Waals surface area contributed by atoms with Gasteiger partial charge in [0.05, 0.1) is 18.8 Å². The highest BCUT2D eigenvalue weighted by molar-refractivity contribution is 6.23. The second-order valence-electron chi connectivity index (χ2n) is 11.0. The molecule has 0 amide bonds. The molecule has 5 rings (SSSR count). The molecule has 1 saturated heterocycles. The van der Waals surface area contributed by atoms with Crippen molar-refractivity contribution in [3.8, 4) is 0 Å². The van der Waals surface area contributed by atoms with Gasteiger partial charge in [0.2, 0.25) is 5.79 Å². The number of ketones is 1. The summed E-state index contributed by atoms with van der Waals surface area (Å²) in [7, 11) is 0. The smallest absolute Gasteiger partial charge is 0.240 e. The first-order valence-corrected chi connectivity index (χ1v) is 11.9. The largest absolute Gasteiger partial charge is 0.512 e. The van der Waals surface area contributed by atoms with Crippen molar-refractivity contribution in [1.29, 1.82) is 0 Å². The minimum absolute atomic E-state index is 0.0412. The fraction of sp³-hybridized carbons (Fsp3) is 0.500. The minimum Gasteiger partial charge on any atom is -0.512 e. The molecule has 1 aromatic carbocycles. The molecule has 33 heavy (non-hydrogen) atoms.